The Morgan fingerprint density at radius 1 is 1.23 bits per heavy atom. The van der Waals surface area contributed by atoms with Gasteiger partial charge in [0.15, 0.2) is 5.75 Å². The van der Waals surface area contributed by atoms with Crippen LogP contribution in [0, 0.1) is 13.8 Å². The predicted octanol–water partition coefficient (Wildman–Crippen LogP) is 2.44. The van der Waals surface area contributed by atoms with Crippen molar-refractivity contribution < 1.29 is 9.53 Å². The van der Waals surface area contributed by atoms with E-state index < -0.39 is 5.97 Å². The average Bonchev–Trinajstić information content (AvgIpc) is 3.12. The van der Waals surface area contributed by atoms with Gasteiger partial charge in [-0.2, -0.15) is 10.2 Å². The highest BCUT2D eigenvalue weighted by atomic mass is 16.5. The van der Waals surface area contributed by atoms with Gasteiger partial charge in [0.2, 0.25) is 0 Å². The van der Waals surface area contributed by atoms with E-state index in [9.17, 15) is 4.79 Å². The molecule has 6 heteroatoms. The highest BCUT2D eigenvalue weighted by molar-refractivity contribution is 5.91. The third kappa shape index (κ3) is 2.50. The molecular weight excluding hydrogens is 280 g/mol. The molecule has 0 bridgehead atoms. The minimum Gasteiger partial charge on any atom is -0.419 e. The van der Waals surface area contributed by atoms with Crippen molar-refractivity contribution in [3.05, 3.63) is 59.7 Å². The fraction of sp³-hybridized carbons (Fsp3) is 0.188. The van der Waals surface area contributed by atoms with Crippen molar-refractivity contribution in [1.29, 1.82) is 0 Å². The van der Waals surface area contributed by atoms with E-state index in [2.05, 4.69) is 10.2 Å². The Hall–Kier alpha value is -2.89. The van der Waals surface area contributed by atoms with E-state index in [0.717, 1.165) is 11.4 Å². The Labute approximate surface area is 127 Å². The first-order valence-corrected chi connectivity index (χ1v) is 6.88. The maximum absolute atomic E-state index is 12.4. The average molecular weight is 296 g/mol. The normalized spacial score (nSPS) is 10.7. The molecule has 112 valence electrons. The number of aromatic nitrogens is 4. The number of aryl methyl sites for hydroxylation is 2. The largest absolute Gasteiger partial charge is 0.419 e. The molecule has 3 rings (SSSR count). The zero-order valence-electron chi connectivity index (χ0n) is 12.6. The second kappa shape index (κ2) is 5.48. The number of benzene rings is 1. The van der Waals surface area contributed by atoms with Crippen LogP contribution >= 0.6 is 0 Å². The van der Waals surface area contributed by atoms with Crippen LogP contribution in [0.5, 0.6) is 5.75 Å². The van der Waals surface area contributed by atoms with Gasteiger partial charge in [-0.25, -0.2) is 9.48 Å². The molecule has 2 heterocycles. The molecule has 0 spiro atoms. The first kappa shape index (κ1) is 14.1. The van der Waals surface area contributed by atoms with Gasteiger partial charge >= 0.3 is 5.97 Å². The summed E-state index contributed by atoms with van der Waals surface area (Å²) in [6, 6.07) is 8.97. The summed E-state index contributed by atoms with van der Waals surface area (Å²) in [5.74, 6) is 0.102. The number of hydrogen-bond donors (Lipinski definition) is 0. The van der Waals surface area contributed by atoms with Crippen molar-refractivity contribution >= 4 is 5.97 Å². The van der Waals surface area contributed by atoms with E-state index in [4.69, 9.17) is 4.74 Å². The number of esters is 1. The van der Waals surface area contributed by atoms with Gasteiger partial charge in [0.1, 0.15) is 5.69 Å². The molecule has 1 aromatic carbocycles. The van der Waals surface area contributed by atoms with Gasteiger partial charge in [-0.15, -0.1) is 0 Å². The SMILES string of the molecule is Cc1nn(C)c(C)c1OC(=O)c1cccc(-n2cccn2)c1. The first-order chi connectivity index (χ1) is 10.6. The molecule has 6 nitrogen and oxygen atoms in total. The highest BCUT2D eigenvalue weighted by Crippen LogP contribution is 2.23. The van der Waals surface area contributed by atoms with Crippen molar-refractivity contribution in [1.82, 2.24) is 19.6 Å². The first-order valence-electron chi connectivity index (χ1n) is 6.88. The molecule has 0 unspecified atom stereocenters. The molecular formula is C16H16N4O2. The van der Waals surface area contributed by atoms with E-state index in [1.54, 1.807) is 33.8 Å². The lowest BCUT2D eigenvalue weighted by Crippen LogP contribution is -2.10. The number of carbonyl (C=O) groups is 1. The molecule has 0 radical (unpaired) electrons. The smallest absolute Gasteiger partial charge is 0.343 e. The number of ether oxygens (including phenoxy) is 1. The maximum Gasteiger partial charge on any atom is 0.343 e. The molecule has 0 N–H and O–H groups in total. The third-order valence-electron chi connectivity index (χ3n) is 3.49. The van der Waals surface area contributed by atoms with Gasteiger partial charge in [0.05, 0.1) is 16.9 Å². The summed E-state index contributed by atoms with van der Waals surface area (Å²) in [5.41, 5.74) is 2.78. The van der Waals surface area contributed by atoms with Crippen molar-refractivity contribution in [3.8, 4) is 11.4 Å². The van der Waals surface area contributed by atoms with E-state index in [-0.39, 0.29) is 0 Å². The van der Waals surface area contributed by atoms with E-state index >= 15 is 0 Å². The van der Waals surface area contributed by atoms with Gasteiger partial charge in [0, 0.05) is 19.4 Å². The summed E-state index contributed by atoms with van der Waals surface area (Å²) in [6.45, 7) is 3.68. The summed E-state index contributed by atoms with van der Waals surface area (Å²) in [4.78, 5) is 12.4. The lowest BCUT2D eigenvalue weighted by Gasteiger charge is -2.07. The molecule has 0 fully saturated rings. The van der Waals surface area contributed by atoms with Crippen molar-refractivity contribution in [2.24, 2.45) is 7.05 Å². The number of hydrogen-bond acceptors (Lipinski definition) is 4. The van der Waals surface area contributed by atoms with Crippen LogP contribution in [0.15, 0.2) is 42.7 Å². The second-order valence-corrected chi connectivity index (χ2v) is 5.01. The number of carbonyl (C=O) groups excluding carboxylic acids is 1. The minimum absolute atomic E-state index is 0.409. The third-order valence-corrected chi connectivity index (χ3v) is 3.49. The van der Waals surface area contributed by atoms with Crippen LogP contribution in [0.3, 0.4) is 0 Å². The van der Waals surface area contributed by atoms with Crippen molar-refractivity contribution in [2.45, 2.75) is 13.8 Å². The van der Waals surface area contributed by atoms with Gasteiger partial charge in [-0.05, 0) is 38.1 Å². The summed E-state index contributed by atoms with van der Waals surface area (Å²) in [7, 11) is 1.82. The fourth-order valence-electron chi connectivity index (χ4n) is 2.25. The maximum atomic E-state index is 12.4. The Bertz CT molecular complexity index is 819. The van der Waals surface area contributed by atoms with Crippen LogP contribution in [0.25, 0.3) is 5.69 Å². The van der Waals surface area contributed by atoms with Gasteiger partial charge in [0.25, 0.3) is 0 Å². The number of nitrogens with zero attached hydrogens (tertiary/aromatic N) is 4. The van der Waals surface area contributed by atoms with Crippen LogP contribution < -0.4 is 4.74 Å². The summed E-state index contributed by atoms with van der Waals surface area (Å²) < 4.78 is 8.89. The highest BCUT2D eigenvalue weighted by Gasteiger charge is 2.16. The van der Waals surface area contributed by atoms with Crippen molar-refractivity contribution in [2.75, 3.05) is 0 Å². The second-order valence-electron chi connectivity index (χ2n) is 5.01. The van der Waals surface area contributed by atoms with Crippen LogP contribution in [-0.2, 0) is 7.05 Å². The van der Waals surface area contributed by atoms with Gasteiger partial charge < -0.3 is 4.74 Å². The quantitative estimate of drug-likeness (QED) is 0.696. The van der Waals surface area contributed by atoms with Crippen LogP contribution in [0.2, 0.25) is 0 Å². The summed E-state index contributed by atoms with van der Waals surface area (Å²) in [6.07, 6.45) is 3.51. The van der Waals surface area contributed by atoms with E-state index in [1.807, 2.05) is 39.2 Å². The zero-order chi connectivity index (χ0) is 15.7. The Morgan fingerprint density at radius 2 is 2.05 bits per heavy atom. The zero-order valence-corrected chi connectivity index (χ0v) is 12.6. The standard InChI is InChI=1S/C16H16N4O2/c1-11-15(12(2)19(3)18-11)22-16(21)13-6-4-7-14(10-13)20-9-5-8-17-20/h4-10H,1-3H3. The predicted molar refractivity (Wildman–Crippen MR) is 81.2 cm³/mol. The monoisotopic (exact) mass is 296 g/mol. The fourth-order valence-corrected chi connectivity index (χ4v) is 2.25. The molecule has 3 aromatic rings. The topological polar surface area (TPSA) is 61.9 Å². The Morgan fingerprint density at radius 3 is 2.68 bits per heavy atom. The van der Waals surface area contributed by atoms with Gasteiger partial charge in [-0.3, -0.25) is 4.68 Å². The molecule has 0 aliphatic carbocycles. The van der Waals surface area contributed by atoms with Crippen LogP contribution in [0.1, 0.15) is 21.7 Å². The summed E-state index contributed by atoms with van der Waals surface area (Å²) >= 11 is 0. The van der Waals surface area contributed by atoms with E-state index in [1.165, 1.54) is 0 Å². The molecule has 0 saturated carbocycles. The molecule has 2 aromatic heterocycles. The lowest BCUT2D eigenvalue weighted by molar-refractivity contribution is 0.0732. The van der Waals surface area contributed by atoms with Crippen LogP contribution in [0.4, 0.5) is 0 Å². The Kier molecular flexibility index (Phi) is 3.50. The molecule has 22 heavy (non-hydrogen) atoms. The molecule has 0 amide bonds. The molecule has 0 saturated heterocycles. The van der Waals surface area contributed by atoms with E-state index in [0.29, 0.717) is 17.0 Å². The number of rotatable bonds is 3. The lowest BCUT2D eigenvalue weighted by atomic mass is 10.2. The molecule has 0 aliphatic rings. The molecule has 0 aliphatic heterocycles. The van der Waals surface area contributed by atoms with Crippen molar-refractivity contribution in [3.63, 3.8) is 0 Å². The van der Waals surface area contributed by atoms with Gasteiger partial charge in [-0.1, -0.05) is 6.07 Å². The summed E-state index contributed by atoms with van der Waals surface area (Å²) in [5, 5.41) is 8.39. The Balaban J connectivity index is 1.88. The van der Waals surface area contributed by atoms with Crippen LogP contribution in [-0.4, -0.2) is 25.5 Å². The molecule has 0 atom stereocenters. The minimum atomic E-state index is -0.409.